The molecule has 1 heterocycles. The summed E-state index contributed by atoms with van der Waals surface area (Å²) >= 11 is 0. The molecule has 2 rings (SSSR count). The van der Waals surface area contributed by atoms with Crippen molar-refractivity contribution in [1.82, 2.24) is 10.2 Å². The first kappa shape index (κ1) is 19.1. The second-order valence-corrected chi connectivity index (χ2v) is 6.21. The van der Waals surface area contributed by atoms with Gasteiger partial charge in [0.15, 0.2) is 6.29 Å². The van der Waals surface area contributed by atoms with Crippen molar-refractivity contribution in [3.8, 4) is 0 Å². The van der Waals surface area contributed by atoms with Gasteiger partial charge in [-0.05, 0) is 45.9 Å². The highest BCUT2D eigenvalue weighted by Gasteiger charge is 2.22. The Balaban J connectivity index is 0.000000253. The monoisotopic (exact) mass is 324 g/mol. The van der Waals surface area contributed by atoms with Crippen molar-refractivity contribution < 1.29 is 18.7 Å². The molecule has 1 aliphatic heterocycles. The number of halogens is 1. The lowest BCUT2D eigenvalue weighted by Crippen LogP contribution is -2.38. The Morgan fingerprint density at radius 2 is 1.96 bits per heavy atom. The Kier molecular flexibility index (Phi) is 7.68. The fourth-order valence-electron chi connectivity index (χ4n) is 1.93. The van der Waals surface area contributed by atoms with Crippen LogP contribution in [0, 0.1) is 5.82 Å². The molecule has 6 heteroatoms. The standard InChI is InChI=1S/C10H20N2O2.C7H5FO/c1-10(2,3)14-9(13)12-7-4-5-11-6-8-12;8-7-4-2-1-3-6(7)5-9/h11H,4-8H2,1-3H3;1-5H. The number of aldehydes is 1. The number of carbonyl (C=O) groups is 2. The SMILES string of the molecule is CC(C)(C)OC(=O)N1CCCNCC1.O=Cc1ccccc1F. The average molecular weight is 324 g/mol. The number of nitrogens with zero attached hydrogens (tertiary/aromatic N) is 1. The number of ether oxygens (including phenoxy) is 1. The van der Waals surface area contributed by atoms with E-state index in [0.29, 0.717) is 6.29 Å². The van der Waals surface area contributed by atoms with Crippen LogP contribution >= 0.6 is 0 Å². The molecule has 1 aromatic rings. The van der Waals surface area contributed by atoms with Gasteiger partial charge in [0.05, 0.1) is 5.56 Å². The fourth-order valence-corrected chi connectivity index (χ4v) is 1.93. The highest BCUT2D eigenvalue weighted by Crippen LogP contribution is 2.10. The van der Waals surface area contributed by atoms with E-state index in [4.69, 9.17) is 4.74 Å². The molecule has 0 bridgehead atoms. The van der Waals surface area contributed by atoms with Gasteiger partial charge >= 0.3 is 6.09 Å². The van der Waals surface area contributed by atoms with Crippen LogP contribution in [0.25, 0.3) is 0 Å². The summed E-state index contributed by atoms with van der Waals surface area (Å²) in [5.74, 6) is -0.465. The van der Waals surface area contributed by atoms with E-state index in [-0.39, 0.29) is 11.7 Å². The zero-order valence-corrected chi connectivity index (χ0v) is 14.0. The molecule has 0 atom stereocenters. The third kappa shape index (κ3) is 7.74. The second kappa shape index (κ2) is 9.25. The molecule has 0 spiro atoms. The maximum Gasteiger partial charge on any atom is 0.410 e. The highest BCUT2D eigenvalue weighted by atomic mass is 19.1. The van der Waals surface area contributed by atoms with Crippen molar-refractivity contribution in [2.45, 2.75) is 32.8 Å². The molecule has 0 saturated carbocycles. The van der Waals surface area contributed by atoms with Crippen LogP contribution in [0.1, 0.15) is 37.6 Å². The molecule has 0 aliphatic carbocycles. The van der Waals surface area contributed by atoms with E-state index >= 15 is 0 Å². The minimum Gasteiger partial charge on any atom is -0.444 e. The lowest BCUT2D eigenvalue weighted by atomic mass is 10.2. The largest absolute Gasteiger partial charge is 0.444 e. The van der Waals surface area contributed by atoms with Gasteiger partial charge in [0.1, 0.15) is 11.4 Å². The van der Waals surface area contributed by atoms with Crippen molar-refractivity contribution in [2.75, 3.05) is 26.2 Å². The highest BCUT2D eigenvalue weighted by molar-refractivity contribution is 5.74. The first-order valence-electron chi connectivity index (χ1n) is 7.72. The molecular weight excluding hydrogens is 299 g/mol. The van der Waals surface area contributed by atoms with Crippen LogP contribution in [0.4, 0.5) is 9.18 Å². The van der Waals surface area contributed by atoms with Crippen molar-refractivity contribution in [3.05, 3.63) is 35.6 Å². The summed E-state index contributed by atoms with van der Waals surface area (Å²) in [7, 11) is 0. The second-order valence-electron chi connectivity index (χ2n) is 6.21. The van der Waals surface area contributed by atoms with Crippen LogP contribution in [-0.2, 0) is 4.74 Å². The molecule has 0 radical (unpaired) electrons. The molecule has 1 saturated heterocycles. The number of rotatable bonds is 1. The zero-order valence-electron chi connectivity index (χ0n) is 14.0. The molecule has 5 nitrogen and oxygen atoms in total. The smallest absolute Gasteiger partial charge is 0.410 e. The van der Waals surface area contributed by atoms with E-state index in [1.54, 1.807) is 17.0 Å². The number of amides is 1. The topological polar surface area (TPSA) is 58.6 Å². The minimum absolute atomic E-state index is 0.109. The predicted octanol–water partition coefficient (Wildman–Crippen LogP) is 2.86. The lowest BCUT2D eigenvalue weighted by molar-refractivity contribution is 0.0262. The summed E-state index contributed by atoms with van der Waals surface area (Å²) in [6, 6.07) is 5.85. The number of hydrogen-bond acceptors (Lipinski definition) is 4. The zero-order chi connectivity index (χ0) is 17.3. The van der Waals surface area contributed by atoms with Gasteiger partial charge in [0, 0.05) is 19.6 Å². The van der Waals surface area contributed by atoms with Gasteiger partial charge in [0.25, 0.3) is 0 Å². The summed E-state index contributed by atoms with van der Waals surface area (Å²) in [4.78, 5) is 23.4. The summed E-state index contributed by atoms with van der Waals surface area (Å²) < 4.78 is 17.7. The van der Waals surface area contributed by atoms with Gasteiger partial charge in [-0.25, -0.2) is 9.18 Å². The van der Waals surface area contributed by atoms with Gasteiger partial charge in [-0.3, -0.25) is 4.79 Å². The Bertz CT molecular complexity index is 507. The summed E-state index contributed by atoms with van der Waals surface area (Å²) in [6.45, 7) is 9.05. The third-order valence-corrected chi connectivity index (χ3v) is 3.02. The Morgan fingerprint density at radius 1 is 1.26 bits per heavy atom. The first-order chi connectivity index (χ1) is 10.8. The van der Waals surface area contributed by atoms with Crippen molar-refractivity contribution in [1.29, 1.82) is 0 Å². The van der Waals surface area contributed by atoms with Crippen LogP contribution in [-0.4, -0.2) is 49.1 Å². The quantitative estimate of drug-likeness (QED) is 0.807. The van der Waals surface area contributed by atoms with Crippen LogP contribution in [0.15, 0.2) is 24.3 Å². The van der Waals surface area contributed by atoms with Gasteiger partial charge in [-0.2, -0.15) is 0 Å². The summed E-state index contributed by atoms with van der Waals surface area (Å²) in [5, 5.41) is 3.25. The summed E-state index contributed by atoms with van der Waals surface area (Å²) in [5.41, 5.74) is -0.283. The summed E-state index contributed by atoms with van der Waals surface area (Å²) in [6.07, 6.45) is 1.30. The number of benzene rings is 1. The maximum atomic E-state index is 12.4. The van der Waals surface area contributed by atoms with Crippen molar-refractivity contribution >= 4 is 12.4 Å². The normalized spacial score (nSPS) is 15.0. The third-order valence-electron chi connectivity index (χ3n) is 3.02. The molecule has 1 aromatic carbocycles. The molecule has 1 aliphatic rings. The number of hydrogen-bond donors (Lipinski definition) is 1. The van der Waals surface area contributed by atoms with E-state index in [1.807, 2.05) is 20.8 Å². The average Bonchev–Trinajstić information content (AvgIpc) is 2.76. The van der Waals surface area contributed by atoms with Crippen LogP contribution < -0.4 is 5.32 Å². The minimum atomic E-state index is -0.465. The van der Waals surface area contributed by atoms with Crippen LogP contribution in [0.3, 0.4) is 0 Å². The Hall–Kier alpha value is -1.95. The number of carbonyl (C=O) groups excluding carboxylic acids is 2. The first-order valence-corrected chi connectivity index (χ1v) is 7.72. The van der Waals surface area contributed by atoms with E-state index < -0.39 is 11.4 Å². The Labute approximate surface area is 136 Å². The number of nitrogens with one attached hydrogen (secondary N) is 1. The van der Waals surface area contributed by atoms with Gasteiger partial charge in [-0.15, -0.1) is 0 Å². The van der Waals surface area contributed by atoms with Crippen molar-refractivity contribution in [3.63, 3.8) is 0 Å². The molecule has 0 aromatic heterocycles. The molecule has 128 valence electrons. The van der Waals surface area contributed by atoms with Crippen LogP contribution in [0.2, 0.25) is 0 Å². The van der Waals surface area contributed by atoms with Gasteiger partial charge in [0.2, 0.25) is 0 Å². The van der Waals surface area contributed by atoms with Gasteiger partial charge < -0.3 is 15.0 Å². The van der Waals surface area contributed by atoms with Crippen molar-refractivity contribution in [2.24, 2.45) is 0 Å². The lowest BCUT2D eigenvalue weighted by Gasteiger charge is -2.26. The molecule has 1 amide bonds. The van der Waals surface area contributed by atoms with Crippen LogP contribution in [0.5, 0.6) is 0 Å². The van der Waals surface area contributed by atoms with E-state index in [1.165, 1.54) is 12.1 Å². The fraction of sp³-hybridized carbons (Fsp3) is 0.529. The van der Waals surface area contributed by atoms with E-state index in [0.717, 1.165) is 32.6 Å². The molecule has 1 N–H and O–H groups in total. The molecular formula is C17H25FN2O3. The molecule has 0 unspecified atom stereocenters. The molecule has 23 heavy (non-hydrogen) atoms. The predicted molar refractivity (Wildman–Crippen MR) is 87.1 cm³/mol. The molecule has 1 fully saturated rings. The van der Waals surface area contributed by atoms with E-state index in [9.17, 15) is 14.0 Å². The van der Waals surface area contributed by atoms with E-state index in [2.05, 4.69) is 5.32 Å². The maximum absolute atomic E-state index is 12.4. The Morgan fingerprint density at radius 3 is 2.52 bits per heavy atom. The van der Waals surface area contributed by atoms with Gasteiger partial charge in [-0.1, -0.05) is 12.1 Å².